The van der Waals surface area contributed by atoms with E-state index in [0.717, 1.165) is 16.3 Å². The van der Waals surface area contributed by atoms with Crippen molar-refractivity contribution in [1.82, 2.24) is 0 Å². The zero-order chi connectivity index (χ0) is 16.6. The van der Waals surface area contributed by atoms with Crippen LogP contribution in [0.2, 0.25) is 0 Å². The molecule has 116 valence electrons. The summed E-state index contributed by atoms with van der Waals surface area (Å²) in [6, 6.07) is 4.06. The molecule has 1 aromatic rings. The van der Waals surface area contributed by atoms with Crippen LogP contribution in [0, 0.1) is 0 Å². The van der Waals surface area contributed by atoms with Gasteiger partial charge in [0.25, 0.3) is 0 Å². The molecule has 0 radical (unpaired) electrons. The summed E-state index contributed by atoms with van der Waals surface area (Å²) in [6.07, 6.45) is 5.88. The molecule has 0 atom stereocenters. The fourth-order valence-corrected chi connectivity index (χ4v) is 1.52. The van der Waals surface area contributed by atoms with Crippen molar-refractivity contribution in [3.63, 3.8) is 0 Å². The van der Waals surface area contributed by atoms with Crippen molar-refractivity contribution in [1.29, 1.82) is 0 Å². The van der Waals surface area contributed by atoms with Crippen LogP contribution in [0.15, 0.2) is 18.7 Å². The van der Waals surface area contributed by atoms with Gasteiger partial charge in [0, 0.05) is 0 Å². The molecule has 0 aliphatic rings. The molecule has 0 aliphatic carbocycles. The first-order valence-corrected chi connectivity index (χ1v) is 7.75. The zero-order valence-electron chi connectivity index (χ0n) is 14.7. The number of hydrogen-bond acceptors (Lipinski definition) is 1. The minimum Gasteiger partial charge on any atom is -0.392 e. The SMILES string of the molecule is C=Cc1cc(=C/C)/c(=C\C)cc1CO.CC.CC.CC. The summed E-state index contributed by atoms with van der Waals surface area (Å²) in [4.78, 5) is 0. The molecule has 0 saturated heterocycles. The van der Waals surface area contributed by atoms with Crippen molar-refractivity contribution in [2.45, 2.75) is 62.0 Å². The molecule has 0 spiro atoms. The van der Waals surface area contributed by atoms with Crippen molar-refractivity contribution in [2.75, 3.05) is 0 Å². The van der Waals surface area contributed by atoms with Crippen LogP contribution in [0.25, 0.3) is 18.2 Å². The maximum atomic E-state index is 9.16. The van der Waals surface area contributed by atoms with Crippen molar-refractivity contribution in [3.8, 4) is 0 Å². The fraction of sp³-hybridized carbons (Fsp3) is 0.474. The summed E-state index contributed by atoms with van der Waals surface area (Å²) in [5.74, 6) is 0. The maximum absolute atomic E-state index is 9.16. The first kappa shape index (κ1) is 23.7. The van der Waals surface area contributed by atoms with Gasteiger partial charge in [0.2, 0.25) is 0 Å². The average molecular weight is 278 g/mol. The predicted octanol–water partition coefficient (Wildman–Crippen LogP) is 4.50. The second-order valence-corrected chi connectivity index (χ2v) is 3.12. The molecule has 0 unspecified atom stereocenters. The van der Waals surface area contributed by atoms with E-state index in [-0.39, 0.29) is 6.61 Å². The lowest BCUT2D eigenvalue weighted by Gasteiger charge is -2.03. The van der Waals surface area contributed by atoms with Gasteiger partial charge in [-0.15, -0.1) is 0 Å². The Balaban J connectivity index is -0.000000425. The van der Waals surface area contributed by atoms with E-state index in [1.165, 1.54) is 5.22 Å². The molecule has 0 aliphatic heterocycles. The first-order chi connectivity index (χ1) is 9.76. The molecular weight excluding hydrogens is 244 g/mol. The Morgan fingerprint density at radius 2 is 1.30 bits per heavy atom. The Kier molecular flexibility index (Phi) is 21.0. The summed E-state index contributed by atoms with van der Waals surface area (Å²) < 4.78 is 0. The molecular formula is C19H34O. The molecule has 0 saturated carbocycles. The second kappa shape index (κ2) is 17.7. The van der Waals surface area contributed by atoms with Crippen LogP contribution in [0.5, 0.6) is 0 Å². The van der Waals surface area contributed by atoms with E-state index in [0.29, 0.717) is 0 Å². The summed E-state index contributed by atoms with van der Waals surface area (Å²) in [6.45, 7) is 19.8. The molecule has 1 heteroatoms. The van der Waals surface area contributed by atoms with Crippen molar-refractivity contribution < 1.29 is 5.11 Å². The lowest BCUT2D eigenvalue weighted by atomic mass is 10.0. The minimum atomic E-state index is 0.0617. The Labute approximate surface area is 126 Å². The standard InChI is InChI=1S/C13H16O.3C2H6/c1-4-10-7-12(6-3)13(9-14)8-11(10)5-2;3*1-2/h4-8,14H,3,9H2,1-2H3;3*1-2H3/b10-4-,11-5-;;;. The van der Waals surface area contributed by atoms with Gasteiger partial charge in [-0.05, 0) is 47.5 Å². The minimum absolute atomic E-state index is 0.0617. The highest BCUT2D eigenvalue weighted by atomic mass is 16.3. The van der Waals surface area contributed by atoms with E-state index in [4.69, 9.17) is 5.11 Å². The molecule has 1 nitrogen and oxygen atoms in total. The van der Waals surface area contributed by atoms with Gasteiger partial charge < -0.3 is 5.11 Å². The molecule has 0 bridgehead atoms. The van der Waals surface area contributed by atoms with Crippen molar-refractivity contribution >= 4 is 18.2 Å². The third kappa shape index (κ3) is 7.96. The normalized spacial score (nSPS) is 10.2. The number of rotatable bonds is 2. The first-order valence-electron chi connectivity index (χ1n) is 7.75. The maximum Gasteiger partial charge on any atom is 0.0687 e. The van der Waals surface area contributed by atoms with E-state index in [1.807, 2.05) is 73.6 Å². The molecule has 0 heterocycles. The van der Waals surface area contributed by atoms with Gasteiger partial charge >= 0.3 is 0 Å². The van der Waals surface area contributed by atoms with Gasteiger partial charge in [0.15, 0.2) is 0 Å². The Morgan fingerprint density at radius 1 is 0.900 bits per heavy atom. The van der Waals surface area contributed by atoms with Crippen LogP contribution in [0.3, 0.4) is 0 Å². The predicted molar refractivity (Wildman–Crippen MR) is 96.0 cm³/mol. The molecule has 0 fully saturated rings. The molecule has 1 rings (SSSR count). The van der Waals surface area contributed by atoms with Crippen LogP contribution in [-0.2, 0) is 6.61 Å². The third-order valence-electron chi connectivity index (χ3n) is 2.36. The fourth-order valence-electron chi connectivity index (χ4n) is 1.52. The number of aliphatic hydroxyl groups is 1. The van der Waals surface area contributed by atoms with E-state index in [2.05, 4.69) is 12.7 Å². The van der Waals surface area contributed by atoms with Crippen molar-refractivity contribution in [2.24, 2.45) is 0 Å². The van der Waals surface area contributed by atoms with Gasteiger partial charge in [-0.25, -0.2) is 0 Å². The topological polar surface area (TPSA) is 20.2 Å². The average Bonchev–Trinajstić information content (AvgIpc) is 2.58. The molecule has 0 aromatic heterocycles. The van der Waals surface area contributed by atoms with Gasteiger partial charge in [-0.2, -0.15) is 0 Å². The summed E-state index contributed by atoms with van der Waals surface area (Å²) in [5.41, 5.74) is 1.94. The van der Waals surface area contributed by atoms with Crippen LogP contribution >= 0.6 is 0 Å². The lowest BCUT2D eigenvalue weighted by Crippen LogP contribution is -2.25. The van der Waals surface area contributed by atoms with E-state index in [9.17, 15) is 0 Å². The summed E-state index contributed by atoms with van der Waals surface area (Å²) in [5, 5.41) is 11.5. The lowest BCUT2D eigenvalue weighted by molar-refractivity contribution is 0.281. The third-order valence-corrected chi connectivity index (χ3v) is 2.36. The number of benzene rings is 1. The summed E-state index contributed by atoms with van der Waals surface area (Å²) >= 11 is 0. The van der Waals surface area contributed by atoms with Crippen LogP contribution in [0.4, 0.5) is 0 Å². The van der Waals surface area contributed by atoms with Gasteiger partial charge in [-0.1, -0.05) is 66.3 Å². The zero-order valence-corrected chi connectivity index (χ0v) is 14.7. The van der Waals surface area contributed by atoms with E-state index >= 15 is 0 Å². The Hall–Kier alpha value is -1.34. The highest BCUT2D eigenvalue weighted by molar-refractivity contribution is 5.53. The quantitative estimate of drug-likeness (QED) is 0.844. The highest BCUT2D eigenvalue weighted by Crippen LogP contribution is 2.04. The Bertz CT molecular complexity index is 442. The van der Waals surface area contributed by atoms with Crippen molar-refractivity contribution in [3.05, 3.63) is 40.3 Å². The summed E-state index contributed by atoms with van der Waals surface area (Å²) in [7, 11) is 0. The monoisotopic (exact) mass is 278 g/mol. The largest absolute Gasteiger partial charge is 0.392 e. The van der Waals surface area contributed by atoms with Crippen LogP contribution in [0.1, 0.15) is 66.5 Å². The molecule has 1 aromatic carbocycles. The highest BCUT2D eigenvalue weighted by Gasteiger charge is 1.97. The molecule has 1 N–H and O–H groups in total. The second-order valence-electron chi connectivity index (χ2n) is 3.12. The van der Waals surface area contributed by atoms with Gasteiger partial charge in [-0.3, -0.25) is 0 Å². The van der Waals surface area contributed by atoms with Crippen LogP contribution in [-0.4, -0.2) is 5.11 Å². The Morgan fingerprint density at radius 3 is 1.60 bits per heavy atom. The molecule has 0 amide bonds. The van der Waals surface area contributed by atoms with Gasteiger partial charge in [0.05, 0.1) is 6.61 Å². The van der Waals surface area contributed by atoms with E-state index < -0.39 is 0 Å². The van der Waals surface area contributed by atoms with E-state index in [1.54, 1.807) is 6.08 Å². The number of aliphatic hydroxyl groups excluding tert-OH is 1. The van der Waals surface area contributed by atoms with Crippen LogP contribution < -0.4 is 10.4 Å². The smallest absolute Gasteiger partial charge is 0.0687 e. The molecule has 20 heavy (non-hydrogen) atoms. The number of hydrogen-bond donors (Lipinski definition) is 1. The van der Waals surface area contributed by atoms with Gasteiger partial charge in [0.1, 0.15) is 0 Å².